The lowest BCUT2D eigenvalue weighted by Gasteiger charge is -2.17. The van der Waals surface area contributed by atoms with Gasteiger partial charge < -0.3 is 15.4 Å². The Bertz CT molecular complexity index is 749. The first-order chi connectivity index (χ1) is 12.1. The monoisotopic (exact) mass is 360 g/mol. The summed E-state index contributed by atoms with van der Waals surface area (Å²) in [5, 5.41) is 5.76. The fourth-order valence-corrected chi connectivity index (χ4v) is 2.71. The van der Waals surface area contributed by atoms with Crippen LogP contribution in [-0.2, 0) is 20.7 Å². The van der Waals surface area contributed by atoms with Crippen LogP contribution in [0.15, 0.2) is 48.5 Å². The van der Waals surface area contributed by atoms with Gasteiger partial charge in [-0.3, -0.25) is 9.59 Å². The molecule has 1 unspecified atom stereocenters. The second-order valence-corrected chi connectivity index (χ2v) is 5.83. The van der Waals surface area contributed by atoms with Crippen molar-refractivity contribution < 1.29 is 14.3 Å². The molecule has 132 valence electrons. The van der Waals surface area contributed by atoms with Gasteiger partial charge in [0.05, 0.1) is 0 Å². The minimum absolute atomic E-state index is 0.141. The molecule has 1 atom stereocenters. The number of benzene rings is 2. The van der Waals surface area contributed by atoms with Gasteiger partial charge in [-0.2, -0.15) is 0 Å². The maximum Gasteiger partial charge on any atom is 0.313 e. The molecule has 25 heavy (non-hydrogen) atoms. The average molecular weight is 361 g/mol. The molecule has 6 heteroatoms. The first-order valence-electron chi connectivity index (χ1n) is 8.01. The zero-order chi connectivity index (χ0) is 18.2. The highest BCUT2D eigenvalue weighted by Gasteiger charge is 2.19. The Morgan fingerprint density at radius 1 is 1.08 bits per heavy atom. The van der Waals surface area contributed by atoms with E-state index in [4.69, 9.17) is 16.3 Å². The molecule has 5 nitrogen and oxygen atoms in total. The third kappa shape index (κ3) is 5.05. The summed E-state index contributed by atoms with van der Waals surface area (Å²) in [6.07, 6.45) is 0.324. The fourth-order valence-electron chi connectivity index (χ4n) is 2.45. The molecule has 0 saturated carbocycles. The minimum Gasteiger partial charge on any atom is -0.375 e. The van der Waals surface area contributed by atoms with E-state index in [1.54, 1.807) is 12.1 Å². The number of carbonyl (C=O) groups excluding carboxylic acids is 2. The lowest BCUT2D eigenvalue weighted by molar-refractivity contribution is -0.136. The highest BCUT2D eigenvalue weighted by atomic mass is 35.5. The Balaban J connectivity index is 1.97. The van der Waals surface area contributed by atoms with Crippen LogP contribution in [0.25, 0.3) is 0 Å². The summed E-state index contributed by atoms with van der Waals surface area (Å²) in [5.41, 5.74) is 2.36. The van der Waals surface area contributed by atoms with Gasteiger partial charge in [0.15, 0.2) is 0 Å². The molecule has 0 heterocycles. The molecule has 0 aliphatic carbocycles. The molecule has 2 amide bonds. The largest absolute Gasteiger partial charge is 0.375 e. The predicted molar refractivity (Wildman–Crippen MR) is 98.7 cm³/mol. The quantitative estimate of drug-likeness (QED) is 0.776. The van der Waals surface area contributed by atoms with Crippen molar-refractivity contribution in [3.63, 3.8) is 0 Å². The van der Waals surface area contributed by atoms with Gasteiger partial charge >= 0.3 is 11.8 Å². The lowest BCUT2D eigenvalue weighted by Crippen LogP contribution is -2.38. The van der Waals surface area contributed by atoms with Crippen molar-refractivity contribution in [2.24, 2.45) is 0 Å². The van der Waals surface area contributed by atoms with Gasteiger partial charge in [0.25, 0.3) is 0 Å². The van der Waals surface area contributed by atoms with E-state index in [2.05, 4.69) is 10.6 Å². The van der Waals surface area contributed by atoms with E-state index in [0.29, 0.717) is 10.7 Å². The number of amides is 2. The number of ether oxygens (including phenoxy) is 1. The number of carbonyl (C=O) groups is 2. The van der Waals surface area contributed by atoms with Crippen LogP contribution >= 0.6 is 11.6 Å². The van der Waals surface area contributed by atoms with E-state index in [1.165, 1.54) is 7.11 Å². The van der Waals surface area contributed by atoms with Crippen LogP contribution in [0.3, 0.4) is 0 Å². The summed E-state index contributed by atoms with van der Waals surface area (Å²) < 4.78 is 5.37. The van der Waals surface area contributed by atoms with E-state index >= 15 is 0 Å². The zero-order valence-corrected chi connectivity index (χ0v) is 15.0. The SMILES string of the molecule is CCc1ccccc1NC(=O)C(=O)NCC(OC)c1ccccc1Cl. The summed E-state index contributed by atoms with van der Waals surface area (Å²) >= 11 is 6.14. The van der Waals surface area contributed by atoms with Crippen LogP contribution < -0.4 is 10.6 Å². The fraction of sp³-hybridized carbons (Fsp3) is 0.263. The number of rotatable bonds is 6. The van der Waals surface area contributed by atoms with Gasteiger partial charge in [0.2, 0.25) is 0 Å². The summed E-state index contributed by atoms with van der Waals surface area (Å²) in [6.45, 7) is 2.12. The van der Waals surface area contributed by atoms with Crippen molar-refractivity contribution in [3.8, 4) is 0 Å². The molecule has 0 bridgehead atoms. The first-order valence-corrected chi connectivity index (χ1v) is 8.38. The van der Waals surface area contributed by atoms with Gasteiger partial charge in [-0.15, -0.1) is 0 Å². The summed E-state index contributed by atoms with van der Waals surface area (Å²) in [4.78, 5) is 24.2. The summed E-state index contributed by atoms with van der Waals surface area (Å²) in [5.74, 6) is -1.44. The van der Waals surface area contributed by atoms with Crippen molar-refractivity contribution in [2.45, 2.75) is 19.4 Å². The minimum atomic E-state index is -0.722. The Morgan fingerprint density at radius 2 is 1.76 bits per heavy atom. The number of methoxy groups -OCH3 is 1. The molecular formula is C19H21ClN2O3. The van der Waals surface area contributed by atoms with Gasteiger partial charge in [-0.25, -0.2) is 0 Å². The molecule has 0 spiro atoms. The first kappa shape index (κ1) is 19.0. The van der Waals surface area contributed by atoms with Gasteiger partial charge in [-0.1, -0.05) is 54.9 Å². The van der Waals surface area contributed by atoms with E-state index in [0.717, 1.165) is 17.5 Å². The Hall–Kier alpha value is -2.37. The van der Waals surface area contributed by atoms with Crippen LogP contribution in [-0.4, -0.2) is 25.5 Å². The normalized spacial score (nSPS) is 11.6. The van der Waals surface area contributed by atoms with Crippen LogP contribution in [0.1, 0.15) is 24.2 Å². The van der Waals surface area contributed by atoms with Crippen molar-refractivity contribution in [2.75, 3.05) is 19.0 Å². The van der Waals surface area contributed by atoms with Crippen molar-refractivity contribution in [1.29, 1.82) is 0 Å². The Morgan fingerprint density at radius 3 is 2.44 bits per heavy atom. The van der Waals surface area contributed by atoms with Crippen molar-refractivity contribution >= 4 is 29.1 Å². The second-order valence-electron chi connectivity index (χ2n) is 5.42. The average Bonchev–Trinajstić information content (AvgIpc) is 2.63. The van der Waals surface area contributed by atoms with Crippen molar-refractivity contribution in [3.05, 3.63) is 64.7 Å². The molecule has 2 aromatic carbocycles. The molecule has 2 rings (SSSR count). The molecular weight excluding hydrogens is 340 g/mol. The maximum absolute atomic E-state index is 12.1. The summed E-state index contributed by atoms with van der Waals surface area (Å²) in [6, 6.07) is 14.6. The number of hydrogen-bond donors (Lipinski definition) is 2. The smallest absolute Gasteiger partial charge is 0.313 e. The second kappa shape index (κ2) is 9.20. The molecule has 2 aromatic rings. The molecule has 0 aromatic heterocycles. The van der Waals surface area contributed by atoms with Crippen LogP contribution in [0, 0.1) is 0 Å². The zero-order valence-electron chi connectivity index (χ0n) is 14.2. The standard InChI is InChI=1S/C19H21ClN2O3/c1-3-13-8-4-7-11-16(13)22-19(24)18(23)21-12-17(25-2)14-9-5-6-10-15(14)20/h4-11,17H,3,12H2,1-2H3,(H,21,23)(H,22,24). The number of anilines is 1. The molecule has 0 aliphatic heterocycles. The van der Waals surface area contributed by atoms with Crippen molar-refractivity contribution in [1.82, 2.24) is 5.32 Å². The molecule has 0 radical (unpaired) electrons. The summed E-state index contributed by atoms with van der Waals surface area (Å²) in [7, 11) is 1.53. The number of hydrogen-bond acceptors (Lipinski definition) is 3. The predicted octanol–water partition coefficient (Wildman–Crippen LogP) is 3.34. The lowest BCUT2D eigenvalue weighted by atomic mass is 10.1. The Kier molecular flexibility index (Phi) is 6.98. The Labute approximate surface area is 152 Å². The number of aryl methyl sites for hydroxylation is 1. The maximum atomic E-state index is 12.1. The number of para-hydroxylation sites is 1. The third-order valence-electron chi connectivity index (χ3n) is 3.84. The highest BCUT2D eigenvalue weighted by molar-refractivity contribution is 6.39. The molecule has 0 saturated heterocycles. The highest BCUT2D eigenvalue weighted by Crippen LogP contribution is 2.24. The van der Waals surface area contributed by atoms with Crippen LogP contribution in [0.5, 0.6) is 0 Å². The van der Waals surface area contributed by atoms with Gasteiger partial charge in [-0.05, 0) is 24.1 Å². The van der Waals surface area contributed by atoms with E-state index in [1.807, 2.05) is 43.3 Å². The third-order valence-corrected chi connectivity index (χ3v) is 4.18. The van der Waals surface area contributed by atoms with Gasteiger partial charge in [0, 0.05) is 29.9 Å². The van der Waals surface area contributed by atoms with Gasteiger partial charge in [0.1, 0.15) is 6.10 Å². The molecule has 0 fully saturated rings. The molecule has 2 N–H and O–H groups in total. The van der Waals surface area contributed by atoms with Crippen LogP contribution in [0.4, 0.5) is 5.69 Å². The number of nitrogens with one attached hydrogen (secondary N) is 2. The van der Waals surface area contributed by atoms with E-state index < -0.39 is 17.9 Å². The van der Waals surface area contributed by atoms with Crippen LogP contribution in [0.2, 0.25) is 5.02 Å². The van der Waals surface area contributed by atoms with E-state index in [-0.39, 0.29) is 6.54 Å². The number of halogens is 1. The molecule has 0 aliphatic rings. The topological polar surface area (TPSA) is 67.4 Å². The van der Waals surface area contributed by atoms with E-state index in [9.17, 15) is 9.59 Å².